The van der Waals surface area contributed by atoms with Crippen LogP contribution in [-0.2, 0) is 0 Å². The maximum atomic E-state index is 5.72. The van der Waals surface area contributed by atoms with Gasteiger partial charge in [0.05, 0.1) is 31.1 Å². The third-order valence-corrected chi connectivity index (χ3v) is 7.11. The molecule has 5 rings (SSSR count). The summed E-state index contributed by atoms with van der Waals surface area (Å²) in [4.78, 5) is 15.5. The highest BCUT2D eigenvalue weighted by Gasteiger charge is 2.22. The first-order valence-corrected chi connectivity index (χ1v) is 13.3. The fourth-order valence-corrected chi connectivity index (χ4v) is 4.79. The fourth-order valence-electron chi connectivity index (χ4n) is 4.49. The van der Waals surface area contributed by atoms with Crippen molar-refractivity contribution in [3.63, 3.8) is 0 Å². The Morgan fingerprint density at radius 1 is 0.850 bits per heavy atom. The summed E-state index contributed by atoms with van der Waals surface area (Å²) in [6.45, 7) is 3.08. The predicted octanol–water partition coefficient (Wildman–Crippen LogP) is 5.65. The van der Waals surface area contributed by atoms with E-state index in [-0.39, 0.29) is 0 Å². The standard InChI is InChI=1S/C29H32N8O2S/c1-35(2)23-11-9-22(10-12-23)34-33-21-7-5-20(6-8-21)32-29(40)37-15-13-36(14-16-37)28-24-17-26(38-3)27(39-4)18-25(24)30-19-31-28/h5-12,17-19H,13-16H2,1-4H3,(H,32,40)/b34-33+. The molecule has 1 fully saturated rings. The fraction of sp³-hybridized carbons (Fsp3) is 0.276. The second-order valence-electron chi connectivity index (χ2n) is 9.48. The summed E-state index contributed by atoms with van der Waals surface area (Å²) in [6.07, 6.45) is 1.59. The lowest BCUT2D eigenvalue weighted by Gasteiger charge is -2.37. The van der Waals surface area contributed by atoms with Crippen LogP contribution in [0.15, 0.2) is 77.2 Å². The third kappa shape index (κ3) is 6.04. The SMILES string of the molecule is COc1cc2ncnc(N3CCN(C(=S)Nc4ccc(/N=N/c5ccc(N(C)C)cc5)cc4)CC3)c2cc1OC. The normalized spacial score (nSPS) is 13.5. The summed E-state index contributed by atoms with van der Waals surface area (Å²) in [6, 6.07) is 19.5. The van der Waals surface area contributed by atoms with Crippen LogP contribution in [0.5, 0.6) is 11.5 Å². The number of rotatable bonds is 7. The maximum Gasteiger partial charge on any atom is 0.173 e. The number of benzene rings is 3. The van der Waals surface area contributed by atoms with E-state index in [2.05, 4.69) is 35.3 Å². The third-order valence-electron chi connectivity index (χ3n) is 6.75. The molecule has 1 saturated heterocycles. The number of fused-ring (bicyclic) bond motifs is 1. The maximum absolute atomic E-state index is 5.72. The number of hydrogen-bond acceptors (Lipinski definition) is 9. The second-order valence-corrected chi connectivity index (χ2v) is 9.87. The number of nitrogens with zero attached hydrogens (tertiary/aromatic N) is 7. The lowest BCUT2D eigenvalue weighted by atomic mass is 10.2. The Morgan fingerprint density at radius 3 is 2.05 bits per heavy atom. The molecule has 0 saturated carbocycles. The van der Waals surface area contributed by atoms with Crippen molar-refractivity contribution in [2.75, 3.05) is 69.6 Å². The van der Waals surface area contributed by atoms with Crippen molar-refractivity contribution in [3.8, 4) is 11.5 Å². The van der Waals surface area contributed by atoms with Gasteiger partial charge in [-0.3, -0.25) is 0 Å². The molecular weight excluding hydrogens is 524 g/mol. The molecule has 10 nitrogen and oxygen atoms in total. The molecule has 1 aliphatic rings. The first-order chi connectivity index (χ1) is 19.4. The lowest BCUT2D eigenvalue weighted by Crippen LogP contribution is -2.50. The van der Waals surface area contributed by atoms with Crippen LogP contribution in [0.4, 0.5) is 28.6 Å². The summed E-state index contributed by atoms with van der Waals surface area (Å²) in [5.74, 6) is 2.18. The number of thiocarbonyl (C=S) groups is 1. The summed E-state index contributed by atoms with van der Waals surface area (Å²) < 4.78 is 10.9. The van der Waals surface area contributed by atoms with Gasteiger partial charge in [0.1, 0.15) is 12.1 Å². The van der Waals surface area contributed by atoms with Gasteiger partial charge >= 0.3 is 0 Å². The van der Waals surface area contributed by atoms with E-state index in [9.17, 15) is 0 Å². The minimum atomic E-state index is 0.645. The van der Waals surface area contributed by atoms with E-state index in [0.29, 0.717) is 16.6 Å². The topological polar surface area (TPSA) is 90.7 Å². The van der Waals surface area contributed by atoms with E-state index in [4.69, 9.17) is 21.7 Å². The van der Waals surface area contributed by atoms with Crippen molar-refractivity contribution in [2.24, 2.45) is 10.2 Å². The molecule has 40 heavy (non-hydrogen) atoms. The van der Waals surface area contributed by atoms with Crippen LogP contribution in [0.25, 0.3) is 10.9 Å². The van der Waals surface area contributed by atoms with Crippen molar-refractivity contribution in [1.29, 1.82) is 0 Å². The zero-order chi connectivity index (χ0) is 28.1. The van der Waals surface area contributed by atoms with Crippen LogP contribution in [-0.4, -0.2) is 74.5 Å². The number of ether oxygens (including phenoxy) is 2. The van der Waals surface area contributed by atoms with Crippen LogP contribution < -0.4 is 24.6 Å². The van der Waals surface area contributed by atoms with Gasteiger partial charge in [-0.15, -0.1) is 0 Å². The summed E-state index contributed by atoms with van der Waals surface area (Å²) in [5, 5.41) is 13.6. The van der Waals surface area contributed by atoms with E-state index in [1.165, 1.54) is 0 Å². The van der Waals surface area contributed by atoms with Crippen molar-refractivity contribution in [2.45, 2.75) is 0 Å². The van der Waals surface area contributed by atoms with Crippen LogP contribution in [0.1, 0.15) is 0 Å². The molecule has 1 aromatic heterocycles. The van der Waals surface area contributed by atoms with E-state index in [1.807, 2.05) is 79.7 Å². The average molecular weight is 557 g/mol. The van der Waals surface area contributed by atoms with Gasteiger partial charge in [-0.05, 0) is 66.8 Å². The highest BCUT2D eigenvalue weighted by molar-refractivity contribution is 7.80. The van der Waals surface area contributed by atoms with E-state index >= 15 is 0 Å². The minimum Gasteiger partial charge on any atom is -0.493 e. The average Bonchev–Trinajstić information content (AvgIpc) is 3.00. The zero-order valence-electron chi connectivity index (χ0n) is 23.0. The Morgan fingerprint density at radius 2 is 1.45 bits per heavy atom. The molecule has 2 heterocycles. The number of aromatic nitrogens is 2. The number of hydrogen-bond donors (Lipinski definition) is 1. The Labute approximate surface area is 239 Å². The second kappa shape index (κ2) is 12.1. The Hall–Kier alpha value is -4.51. The van der Waals surface area contributed by atoms with Crippen LogP contribution in [0.3, 0.4) is 0 Å². The number of nitrogens with one attached hydrogen (secondary N) is 1. The molecule has 0 unspecified atom stereocenters. The lowest BCUT2D eigenvalue weighted by molar-refractivity contribution is 0.355. The molecule has 0 aliphatic carbocycles. The van der Waals surface area contributed by atoms with Gasteiger partial charge in [0.25, 0.3) is 0 Å². The van der Waals surface area contributed by atoms with Crippen molar-refractivity contribution in [3.05, 3.63) is 67.0 Å². The molecule has 11 heteroatoms. The van der Waals surface area contributed by atoms with E-state index in [1.54, 1.807) is 20.5 Å². The van der Waals surface area contributed by atoms with Gasteiger partial charge in [0.15, 0.2) is 16.6 Å². The quantitative estimate of drug-likeness (QED) is 0.229. The Bertz CT molecular complexity index is 1500. The van der Waals surface area contributed by atoms with Gasteiger partial charge in [0, 0.05) is 63.1 Å². The number of azo groups is 1. The number of methoxy groups -OCH3 is 2. The Kier molecular flexibility index (Phi) is 8.20. The molecule has 3 aromatic carbocycles. The summed E-state index contributed by atoms with van der Waals surface area (Å²) in [7, 11) is 7.27. The zero-order valence-corrected chi connectivity index (χ0v) is 23.9. The van der Waals surface area contributed by atoms with Crippen molar-refractivity contribution >= 4 is 56.8 Å². The molecule has 0 radical (unpaired) electrons. The molecule has 0 atom stereocenters. The van der Waals surface area contributed by atoms with Crippen LogP contribution >= 0.6 is 12.2 Å². The number of anilines is 3. The molecule has 1 aliphatic heterocycles. The van der Waals surface area contributed by atoms with Gasteiger partial charge in [-0.1, -0.05) is 0 Å². The van der Waals surface area contributed by atoms with Gasteiger partial charge in [-0.2, -0.15) is 10.2 Å². The van der Waals surface area contributed by atoms with E-state index in [0.717, 1.165) is 65.6 Å². The largest absolute Gasteiger partial charge is 0.493 e. The molecule has 0 bridgehead atoms. The smallest absolute Gasteiger partial charge is 0.173 e. The van der Waals surface area contributed by atoms with E-state index < -0.39 is 0 Å². The van der Waals surface area contributed by atoms with Crippen LogP contribution in [0.2, 0.25) is 0 Å². The molecule has 1 N–H and O–H groups in total. The van der Waals surface area contributed by atoms with Gasteiger partial charge in [-0.25, -0.2) is 9.97 Å². The van der Waals surface area contributed by atoms with Gasteiger partial charge < -0.3 is 29.5 Å². The summed E-state index contributed by atoms with van der Waals surface area (Å²) in [5.41, 5.74) is 4.42. The first kappa shape index (κ1) is 27.1. The van der Waals surface area contributed by atoms with Crippen LogP contribution in [0, 0.1) is 0 Å². The summed E-state index contributed by atoms with van der Waals surface area (Å²) >= 11 is 5.72. The molecule has 4 aromatic rings. The molecule has 0 spiro atoms. The van der Waals surface area contributed by atoms with Crippen molar-refractivity contribution in [1.82, 2.24) is 14.9 Å². The highest BCUT2D eigenvalue weighted by Crippen LogP contribution is 2.35. The molecule has 206 valence electrons. The van der Waals surface area contributed by atoms with Crippen molar-refractivity contribution < 1.29 is 9.47 Å². The first-order valence-electron chi connectivity index (χ1n) is 12.9. The predicted molar refractivity (Wildman–Crippen MR) is 164 cm³/mol. The monoisotopic (exact) mass is 556 g/mol. The highest BCUT2D eigenvalue weighted by atomic mass is 32.1. The van der Waals surface area contributed by atoms with Gasteiger partial charge in [0.2, 0.25) is 0 Å². The number of piperazine rings is 1. The Balaban J connectivity index is 1.18. The minimum absolute atomic E-state index is 0.645. The molecule has 0 amide bonds. The molecular formula is C29H32N8O2S.